The van der Waals surface area contributed by atoms with Crippen molar-refractivity contribution in [3.05, 3.63) is 297 Å². The molecule has 20 aromatic rings. The first-order chi connectivity index (χ1) is 68.7. The lowest BCUT2D eigenvalue weighted by Crippen LogP contribution is -2.31. The second-order valence-corrected chi connectivity index (χ2v) is 45.7. The van der Waals surface area contributed by atoms with Crippen molar-refractivity contribution in [1.82, 2.24) is 24.9 Å². The standard InChI is InChI=1S/C27H31N2O.C26H29N2O.C26H31N2O.2C25H29N2O/c1-17(2)20-11-15-24(29(4)16-20)25-18(3)10-12-21-22-13-14-23(19-8-6-5-7-9-19)28-27(22)30-26(21)25;1-16(2)19-10-14-23(28(4)15-19)24-17(3)9-11-20-21-12-13-22(18-7-5-6-8-18)27-26(21)29-25(20)24;1-16(2)18-9-13-22(28(7)15-18)23-17(3)8-11-20-21-12-10-19(14-26(4,5)6)27-25(21)29-24(20)23;1-15(2)17-9-12-20(27(7)14-17)22-16(3)8-10-18-19-11-13-21(25(4,5)6)26-24(19)28-23(18)22;1-15(2)13-19-9-11-21-20-10-7-17(5)23(24(20)28-25(21)26-19)22-12-8-18(16(3)4)14-27(22)6/h10-17,19H,5-9H2,1-4H3;9-16,18H,5-8H2,1-4H3;8-13,15-16H,14H2,1-7H3;8-15H,1-7H3;7-12,14-16H,13H2,1-6H3/q5*+1. The molecule has 0 radical (unpaired) electrons. The van der Waals surface area contributed by atoms with Crippen molar-refractivity contribution in [1.29, 1.82) is 0 Å². The third-order valence-electron chi connectivity index (χ3n) is 30.0. The Balaban J connectivity index is 0.000000118. The molecule has 0 atom stereocenters. The fourth-order valence-corrected chi connectivity index (χ4v) is 21.6. The molecule has 2 aliphatic carbocycles. The first-order valence-corrected chi connectivity index (χ1v) is 52.8. The van der Waals surface area contributed by atoms with E-state index in [0.29, 0.717) is 47.3 Å². The number of aromatic nitrogens is 10. The lowest BCUT2D eigenvalue weighted by molar-refractivity contribution is -0.661. The summed E-state index contributed by atoms with van der Waals surface area (Å²) in [4.78, 5) is 24.4. The number of furan rings is 5. The van der Waals surface area contributed by atoms with Crippen molar-refractivity contribution in [3.63, 3.8) is 0 Å². The van der Waals surface area contributed by atoms with E-state index in [-0.39, 0.29) is 10.8 Å². The van der Waals surface area contributed by atoms with Gasteiger partial charge >= 0.3 is 0 Å². The van der Waals surface area contributed by atoms with E-state index in [1.165, 1.54) is 147 Å². The lowest BCUT2D eigenvalue weighted by Gasteiger charge is -2.20. The molecule has 15 nitrogen and oxygen atoms in total. The van der Waals surface area contributed by atoms with Crippen molar-refractivity contribution in [2.24, 2.45) is 46.6 Å². The van der Waals surface area contributed by atoms with Gasteiger partial charge in [0, 0.05) is 158 Å². The summed E-state index contributed by atoms with van der Waals surface area (Å²) in [5, 5.41) is 11.2. The smallest absolute Gasteiger partial charge is 0.227 e. The average Bonchev–Trinajstić information content (AvgIpc) is 1.61. The second kappa shape index (κ2) is 41.0. The van der Waals surface area contributed by atoms with Crippen LogP contribution in [-0.4, -0.2) is 24.9 Å². The molecule has 0 N–H and O–H groups in total. The van der Waals surface area contributed by atoms with Crippen molar-refractivity contribution in [2.45, 2.75) is 277 Å². The maximum absolute atomic E-state index is 6.46. The molecule has 5 aromatic carbocycles. The van der Waals surface area contributed by atoms with Gasteiger partial charge < -0.3 is 22.1 Å². The van der Waals surface area contributed by atoms with E-state index in [2.05, 4.69) is 430 Å². The number of rotatable bonds is 15. The van der Waals surface area contributed by atoms with Crippen LogP contribution >= 0.6 is 0 Å². The highest BCUT2D eigenvalue weighted by Gasteiger charge is 2.32. The van der Waals surface area contributed by atoms with Crippen molar-refractivity contribution >= 4 is 110 Å². The molecule has 15 aromatic heterocycles. The number of pyridine rings is 10. The Morgan fingerprint density at radius 2 is 0.514 bits per heavy atom. The Morgan fingerprint density at radius 3 is 0.778 bits per heavy atom. The lowest BCUT2D eigenvalue weighted by atomic mass is 9.86. The topological polar surface area (TPSA) is 150 Å². The maximum Gasteiger partial charge on any atom is 0.227 e. The van der Waals surface area contributed by atoms with Crippen LogP contribution in [0, 0.1) is 46.0 Å². The van der Waals surface area contributed by atoms with Gasteiger partial charge in [-0.1, -0.05) is 217 Å². The highest BCUT2D eigenvalue weighted by atomic mass is 16.4. The molecule has 0 unspecified atom stereocenters. The summed E-state index contributed by atoms with van der Waals surface area (Å²) in [6, 6.07) is 65.7. The van der Waals surface area contributed by atoms with E-state index >= 15 is 0 Å². The molecular weight excluding hydrogens is 1770 g/mol. The summed E-state index contributed by atoms with van der Waals surface area (Å²) in [6.45, 7) is 50.7. The molecule has 0 saturated heterocycles. The molecular formula is C129H149N10O5+5. The highest BCUT2D eigenvalue weighted by molar-refractivity contribution is 6.13. The van der Waals surface area contributed by atoms with E-state index in [1.54, 1.807) is 0 Å². The number of nitrogens with zero attached hydrogens (tertiary/aromatic N) is 10. The van der Waals surface area contributed by atoms with Gasteiger partial charge in [-0.05, 0) is 233 Å². The Morgan fingerprint density at radius 1 is 0.271 bits per heavy atom. The van der Waals surface area contributed by atoms with Crippen LogP contribution < -0.4 is 22.8 Å². The summed E-state index contributed by atoms with van der Waals surface area (Å²) < 4.78 is 43.1. The fraction of sp³-hybridized carbons (Fsp3) is 0.380. The van der Waals surface area contributed by atoms with Crippen molar-refractivity contribution in [2.75, 3.05) is 0 Å². The zero-order valence-corrected chi connectivity index (χ0v) is 90.6. The zero-order chi connectivity index (χ0) is 102. The van der Waals surface area contributed by atoms with Crippen LogP contribution in [0.2, 0.25) is 0 Å². The van der Waals surface area contributed by atoms with Crippen molar-refractivity contribution in [3.8, 4) is 56.3 Å². The predicted octanol–water partition coefficient (Wildman–Crippen LogP) is 32.3. The van der Waals surface area contributed by atoms with Crippen molar-refractivity contribution < 1.29 is 44.9 Å². The van der Waals surface area contributed by atoms with E-state index in [9.17, 15) is 0 Å². The monoisotopic (exact) mass is 1920 g/mol. The van der Waals surface area contributed by atoms with Crippen LogP contribution in [0.3, 0.4) is 0 Å². The molecule has 15 heteroatoms. The van der Waals surface area contributed by atoms with Crippen LogP contribution in [0.1, 0.15) is 308 Å². The summed E-state index contributed by atoms with van der Waals surface area (Å²) >= 11 is 0. The Bertz CT molecular complexity index is 8240. The quantitative estimate of drug-likeness (QED) is 0.0908. The molecule has 0 bridgehead atoms. The minimum atomic E-state index is -0.00890. The number of hydrogen-bond donors (Lipinski definition) is 0. The van der Waals surface area contributed by atoms with E-state index in [4.69, 9.17) is 47.0 Å². The molecule has 0 amide bonds. The first kappa shape index (κ1) is 101. The zero-order valence-electron chi connectivity index (χ0n) is 90.6. The molecule has 15 heterocycles. The van der Waals surface area contributed by atoms with Crippen LogP contribution in [-0.2, 0) is 53.5 Å². The third-order valence-corrected chi connectivity index (χ3v) is 30.0. The summed E-state index contributed by atoms with van der Waals surface area (Å²) in [5.74, 6) is 4.28. The van der Waals surface area contributed by atoms with Gasteiger partial charge in [0.1, 0.15) is 35.2 Å². The SMILES string of the molecule is Cc1ccc2c(oc3nc(C(C)(C)C)ccc32)c1-c1ccc(C(C)C)c[n+]1C.Cc1ccc2c(oc3nc(C4CCCC4)ccc32)c1-c1ccc(C(C)C)c[n+]1C.Cc1ccc2c(oc3nc(C4CCCCC4)ccc32)c1-c1ccc(C(C)C)c[n+]1C.Cc1ccc2c(oc3nc(CC(C)(C)C)ccc32)c1-c1ccc(C(C)C)c[n+]1C.Cc1ccc2c(oc3nc(CC(C)C)ccc32)c1-c1ccc(C(C)C)c[n+]1C. The van der Waals surface area contributed by atoms with E-state index in [0.717, 1.165) is 174 Å². The Labute approximate surface area is 851 Å². The average molecular weight is 1920 g/mol. The first-order valence-electron chi connectivity index (χ1n) is 52.8. The van der Waals surface area contributed by atoms with Gasteiger partial charge in [-0.25, -0.2) is 47.8 Å². The molecule has 0 aliphatic heterocycles. The molecule has 2 saturated carbocycles. The van der Waals surface area contributed by atoms with Crippen LogP contribution in [0.15, 0.2) is 235 Å². The van der Waals surface area contributed by atoms with Crippen LogP contribution in [0.5, 0.6) is 0 Å². The summed E-state index contributed by atoms with van der Waals surface area (Å²) in [6.07, 6.45) is 24.7. The van der Waals surface area contributed by atoms with Gasteiger partial charge in [-0.15, -0.1) is 0 Å². The van der Waals surface area contributed by atoms with Gasteiger partial charge in [0.2, 0.25) is 57.0 Å². The van der Waals surface area contributed by atoms with Gasteiger partial charge in [-0.3, -0.25) is 0 Å². The Hall–Kier alpha value is -13.4. The largest absolute Gasteiger partial charge is 0.437 e. The number of aryl methyl sites for hydroxylation is 10. The molecule has 740 valence electrons. The molecule has 2 fully saturated rings. The number of fused-ring (bicyclic) bond motifs is 15. The third kappa shape index (κ3) is 20.5. The van der Waals surface area contributed by atoms with Crippen LogP contribution in [0.4, 0.5) is 0 Å². The number of hydrogen-bond acceptors (Lipinski definition) is 10. The normalized spacial score (nSPS) is 13.5. The van der Waals surface area contributed by atoms with Gasteiger partial charge in [0.05, 0.1) is 27.8 Å². The fourth-order valence-electron chi connectivity index (χ4n) is 21.6. The maximum atomic E-state index is 6.46. The molecule has 144 heavy (non-hydrogen) atoms. The van der Waals surface area contributed by atoms with Crippen LogP contribution in [0.25, 0.3) is 167 Å². The summed E-state index contributed by atoms with van der Waals surface area (Å²) in [7, 11) is 10.6. The van der Waals surface area contributed by atoms with Gasteiger partial charge in [-0.2, -0.15) is 0 Å². The highest BCUT2D eigenvalue weighted by Crippen LogP contribution is 2.46. The molecule has 0 spiro atoms. The molecule has 2 aliphatic rings. The van der Waals surface area contributed by atoms with E-state index < -0.39 is 0 Å². The second-order valence-electron chi connectivity index (χ2n) is 45.7. The van der Waals surface area contributed by atoms with E-state index in [1.807, 2.05) is 0 Å². The minimum absolute atomic E-state index is 0.00890. The minimum Gasteiger partial charge on any atom is -0.437 e. The predicted molar refractivity (Wildman–Crippen MR) is 592 cm³/mol. The van der Waals surface area contributed by atoms with Gasteiger partial charge in [0.15, 0.2) is 58.9 Å². The van der Waals surface area contributed by atoms with Gasteiger partial charge in [0.25, 0.3) is 0 Å². The Kier molecular flexibility index (Phi) is 28.7. The summed E-state index contributed by atoms with van der Waals surface area (Å²) in [5.41, 5.74) is 38.6. The number of benzene rings is 5. The molecule has 22 rings (SSSR count).